The van der Waals surface area contributed by atoms with E-state index in [2.05, 4.69) is 27.9 Å². The Morgan fingerprint density at radius 2 is 1.90 bits per heavy atom. The number of aromatic nitrogens is 2. The molecule has 0 radical (unpaired) electrons. The Kier molecular flexibility index (Phi) is 5.70. The zero-order valence-corrected chi connectivity index (χ0v) is 18.0. The number of nitrogens with zero attached hydrogens (tertiary/aromatic N) is 5. The minimum atomic E-state index is -0.269. The molecule has 7 heteroatoms. The second-order valence-electron chi connectivity index (χ2n) is 8.17. The first-order valence-electron chi connectivity index (χ1n) is 10.7. The number of anilines is 2. The van der Waals surface area contributed by atoms with Gasteiger partial charge in [-0.3, -0.25) is 9.59 Å². The summed E-state index contributed by atoms with van der Waals surface area (Å²) in [6.45, 7) is 9.33. The summed E-state index contributed by atoms with van der Waals surface area (Å²) >= 11 is 0. The summed E-state index contributed by atoms with van der Waals surface area (Å²) in [5.74, 6) is 0.779. The van der Waals surface area contributed by atoms with Crippen LogP contribution < -0.4 is 9.80 Å². The first-order chi connectivity index (χ1) is 14.5. The molecule has 158 valence electrons. The van der Waals surface area contributed by atoms with E-state index in [-0.39, 0.29) is 17.7 Å². The van der Waals surface area contributed by atoms with Gasteiger partial charge in [0.2, 0.25) is 11.8 Å². The monoisotopic (exact) mass is 407 g/mol. The van der Waals surface area contributed by atoms with Gasteiger partial charge in [-0.15, -0.1) is 0 Å². The normalized spacial score (nSPS) is 19.5. The van der Waals surface area contributed by atoms with E-state index in [1.165, 1.54) is 0 Å². The number of aryl methyl sites for hydroxylation is 3. The van der Waals surface area contributed by atoms with Crippen LogP contribution in [0.3, 0.4) is 0 Å². The molecule has 2 aliphatic heterocycles. The summed E-state index contributed by atoms with van der Waals surface area (Å²) in [5, 5.41) is 0. The van der Waals surface area contributed by atoms with Crippen molar-refractivity contribution in [1.82, 2.24) is 14.9 Å². The van der Waals surface area contributed by atoms with Gasteiger partial charge in [0.15, 0.2) is 0 Å². The van der Waals surface area contributed by atoms with E-state index < -0.39 is 0 Å². The zero-order chi connectivity index (χ0) is 21.3. The first kappa shape index (κ1) is 20.3. The Labute approximate surface area is 177 Å². The summed E-state index contributed by atoms with van der Waals surface area (Å²) in [6.07, 6.45) is 2.74. The molecule has 2 amide bonds. The van der Waals surface area contributed by atoms with Crippen LogP contribution in [0.25, 0.3) is 0 Å². The molecule has 2 saturated heterocycles. The molecule has 2 aliphatic rings. The number of para-hydroxylation sites is 1. The van der Waals surface area contributed by atoms with Crippen LogP contribution in [0.4, 0.5) is 11.5 Å². The van der Waals surface area contributed by atoms with Gasteiger partial charge in [-0.1, -0.05) is 25.1 Å². The van der Waals surface area contributed by atoms with Crippen molar-refractivity contribution in [2.75, 3.05) is 42.5 Å². The molecule has 0 spiro atoms. The molecule has 30 heavy (non-hydrogen) atoms. The van der Waals surface area contributed by atoms with Gasteiger partial charge in [0, 0.05) is 56.6 Å². The fourth-order valence-corrected chi connectivity index (χ4v) is 4.51. The lowest BCUT2D eigenvalue weighted by Gasteiger charge is -2.36. The van der Waals surface area contributed by atoms with E-state index in [0.29, 0.717) is 26.1 Å². The van der Waals surface area contributed by atoms with Crippen molar-refractivity contribution >= 4 is 23.3 Å². The average Bonchev–Trinajstić information content (AvgIpc) is 3.14. The van der Waals surface area contributed by atoms with Crippen molar-refractivity contribution in [2.24, 2.45) is 5.92 Å². The zero-order valence-electron chi connectivity index (χ0n) is 18.0. The molecule has 4 rings (SSSR count). The predicted octanol–water partition coefficient (Wildman–Crippen LogP) is 2.36. The van der Waals surface area contributed by atoms with Crippen molar-refractivity contribution in [3.63, 3.8) is 0 Å². The fourth-order valence-electron chi connectivity index (χ4n) is 4.51. The molecule has 3 heterocycles. The smallest absolute Gasteiger partial charge is 0.228 e. The highest BCUT2D eigenvalue weighted by Gasteiger charge is 2.39. The van der Waals surface area contributed by atoms with Gasteiger partial charge >= 0.3 is 0 Å². The lowest BCUT2D eigenvalue weighted by Crippen LogP contribution is -2.51. The molecular weight excluding hydrogens is 378 g/mol. The van der Waals surface area contributed by atoms with E-state index in [1.807, 2.05) is 41.8 Å². The number of hydrogen-bond donors (Lipinski definition) is 0. The third-order valence-corrected chi connectivity index (χ3v) is 6.15. The number of rotatable bonds is 4. The lowest BCUT2D eigenvalue weighted by molar-refractivity contribution is -0.136. The fraction of sp³-hybridized carbons (Fsp3) is 0.478. The maximum Gasteiger partial charge on any atom is 0.228 e. The second-order valence-corrected chi connectivity index (χ2v) is 8.17. The second kappa shape index (κ2) is 8.42. The molecule has 0 bridgehead atoms. The number of carbonyl (C=O) groups excluding carboxylic acids is 2. The largest absolute Gasteiger partial charge is 0.353 e. The van der Waals surface area contributed by atoms with Gasteiger partial charge in [0.05, 0.1) is 5.92 Å². The predicted molar refractivity (Wildman–Crippen MR) is 117 cm³/mol. The molecular formula is C23H29N5O2. The molecule has 0 N–H and O–H groups in total. The van der Waals surface area contributed by atoms with Crippen LogP contribution in [0.5, 0.6) is 0 Å². The number of carbonyl (C=O) groups is 2. The van der Waals surface area contributed by atoms with Crippen LogP contribution >= 0.6 is 0 Å². The maximum atomic E-state index is 13.2. The van der Waals surface area contributed by atoms with Crippen LogP contribution in [0.2, 0.25) is 0 Å². The average molecular weight is 408 g/mol. The summed E-state index contributed by atoms with van der Waals surface area (Å²) in [4.78, 5) is 40.4. The summed E-state index contributed by atoms with van der Waals surface area (Å²) in [7, 11) is 0. The number of benzene rings is 1. The van der Waals surface area contributed by atoms with Gasteiger partial charge in [-0.25, -0.2) is 9.97 Å². The summed E-state index contributed by atoms with van der Waals surface area (Å²) < 4.78 is 0. The van der Waals surface area contributed by atoms with Gasteiger partial charge in [0.25, 0.3) is 0 Å². The van der Waals surface area contributed by atoms with E-state index in [4.69, 9.17) is 0 Å². The molecule has 1 aromatic carbocycles. The third kappa shape index (κ3) is 3.88. The van der Waals surface area contributed by atoms with E-state index >= 15 is 0 Å². The van der Waals surface area contributed by atoms with E-state index in [1.54, 1.807) is 6.33 Å². The van der Waals surface area contributed by atoms with Gasteiger partial charge in [-0.2, -0.15) is 0 Å². The molecule has 0 aliphatic carbocycles. The molecule has 2 fully saturated rings. The Morgan fingerprint density at radius 3 is 2.60 bits per heavy atom. The van der Waals surface area contributed by atoms with Crippen LogP contribution in [-0.4, -0.2) is 59.4 Å². The van der Waals surface area contributed by atoms with Crippen LogP contribution in [0.15, 0.2) is 30.6 Å². The van der Waals surface area contributed by atoms with Gasteiger partial charge in [-0.05, 0) is 31.4 Å². The maximum absolute atomic E-state index is 13.2. The Morgan fingerprint density at radius 1 is 1.13 bits per heavy atom. The minimum Gasteiger partial charge on any atom is -0.353 e. The molecule has 0 saturated carbocycles. The lowest BCUT2D eigenvalue weighted by atomic mass is 10.0. The van der Waals surface area contributed by atoms with Crippen LogP contribution in [-0.2, 0) is 16.0 Å². The number of amides is 2. The quantitative estimate of drug-likeness (QED) is 0.778. The van der Waals surface area contributed by atoms with Crippen molar-refractivity contribution < 1.29 is 9.59 Å². The number of hydrogen-bond acceptors (Lipinski definition) is 5. The summed E-state index contributed by atoms with van der Waals surface area (Å²) in [5.41, 5.74) is 4.17. The van der Waals surface area contributed by atoms with E-state index in [9.17, 15) is 9.59 Å². The number of piperazine rings is 1. The Hall–Kier alpha value is -2.96. The van der Waals surface area contributed by atoms with Crippen LogP contribution in [0.1, 0.15) is 30.2 Å². The first-order valence-corrected chi connectivity index (χ1v) is 10.7. The molecule has 7 nitrogen and oxygen atoms in total. The Balaban J connectivity index is 1.41. The van der Waals surface area contributed by atoms with Gasteiger partial charge in [0.1, 0.15) is 12.1 Å². The summed E-state index contributed by atoms with van der Waals surface area (Å²) in [6, 6.07) is 8.10. The highest BCUT2D eigenvalue weighted by Crippen LogP contribution is 2.32. The van der Waals surface area contributed by atoms with Crippen molar-refractivity contribution in [3.05, 3.63) is 47.4 Å². The minimum absolute atomic E-state index is 0.0486. The van der Waals surface area contributed by atoms with Crippen LogP contribution in [0, 0.1) is 19.8 Å². The SMILES string of the molecule is CCc1cccc(C)c1N1CC(C(=O)N2CCN(c3cc(C)ncn3)CC2)CC1=O. The van der Waals surface area contributed by atoms with Gasteiger partial charge < -0.3 is 14.7 Å². The molecule has 2 aromatic rings. The highest BCUT2D eigenvalue weighted by molar-refractivity contribution is 6.01. The van der Waals surface area contributed by atoms with Crippen molar-refractivity contribution in [1.29, 1.82) is 0 Å². The molecule has 1 atom stereocenters. The highest BCUT2D eigenvalue weighted by atomic mass is 16.2. The van der Waals surface area contributed by atoms with Crippen molar-refractivity contribution in [2.45, 2.75) is 33.6 Å². The molecule has 1 aromatic heterocycles. The van der Waals surface area contributed by atoms with Crippen molar-refractivity contribution in [3.8, 4) is 0 Å². The molecule has 1 unspecified atom stereocenters. The Bertz CT molecular complexity index is 952. The standard InChI is InChI=1S/C23H29N5O2/c1-4-18-7-5-6-16(2)22(18)28-14-19(13-21(28)29)23(30)27-10-8-26(9-11-27)20-12-17(3)24-15-25-20/h5-7,12,15,19H,4,8-11,13-14H2,1-3H3. The topological polar surface area (TPSA) is 69.6 Å². The van der Waals surface area contributed by atoms with E-state index in [0.717, 1.165) is 47.8 Å². The third-order valence-electron chi connectivity index (χ3n) is 6.15.